The van der Waals surface area contributed by atoms with Crippen LogP contribution in [0.2, 0.25) is 0 Å². The second-order valence-corrected chi connectivity index (χ2v) is 12.4. The maximum Gasteiger partial charge on any atom is 0.264 e. The highest BCUT2D eigenvalue weighted by Crippen LogP contribution is 2.33. The molecule has 10 nitrogen and oxygen atoms in total. The lowest BCUT2D eigenvalue weighted by Gasteiger charge is -2.32. The fourth-order valence-corrected chi connectivity index (χ4v) is 6.20. The minimum absolute atomic E-state index is 0.0898. The second kappa shape index (κ2) is 15.6. The van der Waals surface area contributed by atoms with Gasteiger partial charge in [0, 0.05) is 23.6 Å². The molecule has 0 aromatic heterocycles. The number of rotatable bonds is 15. The summed E-state index contributed by atoms with van der Waals surface area (Å²) >= 11 is 3.45. The Morgan fingerprint density at radius 2 is 1.65 bits per heavy atom. The summed E-state index contributed by atoms with van der Waals surface area (Å²) in [5.74, 6) is 0.243. The molecule has 2 amide bonds. The van der Waals surface area contributed by atoms with Gasteiger partial charge in [-0.05, 0) is 74.4 Å². The Morgan fingerprint density at radius 1 is 0.953 bits per heavy atom. The van der Waals surface area contributed by atoms with Crippen LogP contribution in [0.1, 0.15) is 32.8 Å². The van der Waals surface area contributed by atoms with E-state index in [9.17, 15) is 18.0 Å². The van der Waals surface area contributed by atoms with Crippen molar-refractivity contribution in [3.05, 3.63) is 76.8 Å². The highest BCUT2D eigenvalue weighted by atomic mass is 79.9. The van der Waals surface area contributed by atoms with Gasteiger partial charge in [0.1, 0.15) is 18.3 Å². The average molecular weight is 677 g/mol. The minimum atomic E-state index is -4.30. The van der Waals surface area contributed by atoms with Gasteiger partial charge in [0.25, 0.3) is 10.0 Å². The number of carbonyl (C=O) groups is 2. The first-order chi connectivity index (χ1) is 20.5. The molecule has 1 N–H and O–H groups in total. The fraction of sp³-hybridized carbons (Fsp3) is 0.355. The van der Waals surface area contributed by atoms with Gasteiger partial charge in [-0.2, -0.15) is 0 Å². The molecular formula is C31H38BrN3O7S. The van der Waals surface area contributed by atoms with Crippen molar-refractivity contribution in [1.82, 2.24) is 10.2 Å². The third-order valence-corrected chi connectivity index (χ3v) is 8.88. The summed E-state index contributed by atoms with van der Waals surface area (Å²) < 4.78 is 46.3. The van der Waals surface area contributed by atoms with Crippen LogP contribution in [0.15, 0.2) is 76.1 Å². The molecule has 3 aromatic rings. The lowest BCUT2D eigenvalue weighted by atomic mass is 10.1. The van der Waals surface area contributed by atoms with E-state index in [0.29, 0.717) is 24.7 Å². The summed E-state index contributed by atoms with van der Waals surface area (Å²) in [5, 5.41) is 2.83. The van der Waals surface area contributed by atoms with Crippen molar-refractivity contribution in [1.29, 1.82) is 0 Å². The summed E-state index contributed by atoms with van der Waals surface area (Å²) in [6, 6.07) is 17.2. The van der Waals surface area contributed by atoms with E-state index in [1.165, 1.54) is 37.3 Å². The Morgan fingerprint density at radius 3 is 2.26 bits per heavy atom. The van der Waals surface area contributed by atoms with Crippen molar-refractivity contribution in [2.24, 2.45) is 0 Å². The molecule has 3 aromatic carbocycles. The predicted octanol–water partition coefficient (Wildman–Crippen LogP) is 5.00. The molecule has 12 heteroatoms. The third kappa shape index (κ3) is 8.64. The third-order valence-electron chi connectivity index (χ3n) is 6.62. The van der Waals surface area contributed by atoms with Crippen molar-refractivity contribution in [2.75, 3.05) is 38.2 Å². The number of nitrogens with zero attached hydrogens (tertiary/aromatic N) is 2. The zero-order valence-electron chi connectivity index (χ0n) is 25.0. The summed E-state index contributed by atoms with van der Waals surface area (Å²) in [6.07, 6.45) is 0.729. The van der Waals surface area contributed by atoms with E-state index in [-0.39, 0.29) is 28.8 Å². The Kier molecular flexibility index (Phi) is 12.3. The monoisotopic (exact) mass is 675 g/mol. The minimum Gasteiger partial charge on any atom is -0.494 e. The van der Waals surface area contributed by atoms with Gasteiger partial charge in [-0.15, -0.1) is 0 Å². The molecule has 0 aliphatic heterocycles. The molecule has 0 radical (unpaired) electrons. The van der Waals surface area contributed by atoms with Crippen LogP contribution in [-0.2, 0) is 26.2 Å². The molecule has 0 aliphatic rings. The van der Waals surface area contributed by atoms with Crippen LogP contribution < -0.4 is 23.8 Å². The molecule has 1 atom stereocenters. The first kappa shape index (κ1) is 33.7. The molecule has 0 heterocycles. The van der Waals surface area contributed by atoms with E-state index in [4.69, 9.17) is 14.2 Å². The number of amides is 2. The molecule has 0 unspecified atom stereocenters. The quantitative estimate of drug-likeness (QED) is 0.241. The standard InChI is InChI=1S/C31H38BrN3O7S/c1-6-17-33-31(37)22(3)34(20-23-9-8-10-24(32)18-23)30(36)21-35(25-11-13-26(14-12-25)42-7-2)43(38,39)27-15-16-28(40-4)29(19-27)41-5/h8-16,18-19,22H,6-7,17,20-21H2,1-5H3,(H,33,37)/t22-/m1/s1. The van der Waals surface area contributed by atoms with Gasteiger partial charge in [-0.25, -0.2) is 8.42 Å². The molecule has 0 saturated heterocycles. The topological polar surface area (TPSA) is 114 Å². The first-order valence-corrected chi connectivity index (χ1v) is 16.1. The molecule has 0 fully saturated rings. The number of benzene rings is 3. The molecule has 0 aliphatic carbocycles. The number of carbonyl (C=O) groups excluding carboxylic acids is 2. The van der Waals surface area contributed by atoms with E-state index in [1.807, 2.05) is 38.1 Å². The number of nitrogens with one attached hydrogen (secondary N) is 1. The van der Waals surface area contributed by atoms with E-state index in [2.05, 4.69) is 21.2 Å². The van der Waals surface area contributed by atoms with Gasteiger partial charge in [-0.1, -0.05) is 35.0 Å². The van der Waals surface area contributed by atoms with Crippen LogP contribution in [0.25, 0.3) is 0 Å². The van der Waals surface area contributed by atoms with Gasteiger partial charge >= 0.3 is 0 Å². The van der Waals surface area contributed by atoms with Crippen LogP contribution in [0.5, 0.6) is 17.2 Å². The van der Waals surface area contributed by atoms with Crippen molar-refractivity contribution in [2.45, 2.75) is 44.7 Å². The summed E-state index contributed by atoms with van der Waals surface area (Å²) in [5.41, 5.74) is 1.02. The summed E-state index contributed by atoms with van der Waals surface area (Å²) in [7, 11) is -1.44. The van der Waals surface area contributed by atoms with E-state index in [0.717, 1.165) is 20.8 Å². The molecule has 0 bridgehead atoms. The Bertz CT molecular complexity index is 1500. The van der Waals surface area contributed by atoms with Crippen LogP contribution in [0.3, 0.4) is 0 Å². The maximum absolute atomic E-state index is 14.2. The molecular weight excluding hydrogens is 638 g/mol. The van der Waals surface area contributed by atoms with Crippen LogP contribution >= 0.6 is 15.9 Å². The predicted molar refractivity (Wildman–Crippen MR) is 169 cm³/mol. The number of methoxy groups -OCH3 is 2. The number of hydrogen-bond acceptors (Lipinski definition) is 7. The fourth-order valence-electron chi connectivity index (χ4n) is 4.32. The van der Waals surface area contributed by atoms with Crippen LogP contribution in [0, 0.1) is 0 Å². The SMILES string of the molecule is CCCNC(=O)[C@@H](C)N(Cc1cccc(Br)c1)C(=O)CN(c1ccc(OCC)cc1)S(=O)(=O)c1ccc(OC)c(OC)c1. The van der Waals surface area contributed by atoms with Crippen molar-refractivity contribution >= 4 is 43.5 Å². The van der Waals surface area contributed by atoms with Crippen LogP contribution in [-0.4, -0.2) is 65.1 Å². The van der Waals surface area contributed by atoms with Gasteiger partial charge < -0.3 is 24.4 Å². The Hall–Kier alpha value is -3.77. The summed E-state index contributed by atoms with van der Waals surface area (Å²) in [6.45, 7) is 5.82. The van der Waals surface area contributed by atoms with E-state index in [1.54, 1.807) is 31.2 Å². The molecule has 232 valence electrons. The van der Waals surface area contributed by atoms with Crippen LogP contribution in [0.4, 0.5) is 5.69 Å². The Labute approximate surface area is 262 Å². The molecule has 3 rings (SSSR count). The van der Waals surface area contributed by atoms with Gasteiger partial charge in [0.05, 0.1) is 31.4 Å². The zero-order chi connectivity index (χ0) is 31.6. The second-order valence-electron chi connectivity index (χ2n) is 9.57. The van der Waals surface area contributed by atoms with Gasteiger partial charge in [-0.3, -0.25) is 13.9 Å². The maximum atomic E-state index is 14.2. The largest absolute Gasteiger partial charge is 0.494 e. The van der Waals surface area contributed by atoms with Crippen molar-refractivity contribution in [3.8, 4) is 17.2 Å². The van der Waals surface area contributed by atoms with Gasteiger partial charge in [0.15, 0.2) is 11.5 Å². The smallest absolute Gasteiger partial charge is 0.264 e. The number of sulfonamides is 1. The highest BCUT2D eigenvalue weighted by molar-refractivity contribution is 9.10. The highest BCUT2D eigenvalue weighted by Gasteiger charge is 2.33. The molecule has 0 saturated carbocycles. The first-order valence-electron chi connectivity index (χ1n) is 13.8. The van der Waals surface area contributed by atoms with Crippen molar-refractivity contribution in [3.63, 3.8) is 0 Å². The summed E-state index contributed by atoms with van der Waals surface area (Å²) in [4.78, 5) is 28.4. The Balaban J connectivity index is 2.07. The number of ether oxygens (including phenoxy) is 3. The zero-order valence-corrected chi connectivity index (χ0v) is 27.4. The molecule has 0 spiro atoms. The number of halogens is 1. The molecule has 43 heavy (non-hydrogen) atoms. The van der Waals surface area contributed by atoms with E-state index < -0.39 is 28.5 Å². The van der Waals surface area contributed by atoms with Crippen molar-refractivity contribution < 1.29 is 32.2 Å². The normalized spacial score (nSPS) is 11.8. The lowest BCUT2D eigenvalue weighted by Crippen LogP contribution is -2.51. The number of anilines is 1. The average Bonchev–Trinajstić information content (AvgIpc) is 3.01. The number of hydrogen-bond donors (Lipinski definition) is 1. The van der Waals surface area contributed by atoms with E-state index >= 15 is 0 Å². The lowest BCUT2D eigenvalue weighted by molar-refractivity contribution is -0.139. The van der Waals surface area contributed by atoms with Gasteiger partial charge in [0.2, 0.25) is 11.8 Å².